The van der Waals surface area contributed by atoms with Crippen molar-refractivity contribution in [1.29, 1.82) is 5.26 Å². The van der Waals surface area contributed by atoms with Crippen molar-refractivity contribution in [3.63, 3.8) is 0 Å². The standard InChI is InChI=1S/C14H21N3OS/c1-4-5-6-17(3)9-11(2)16-14(18)13-7-12(8-15)10-19-13/h7,10-11H,4-6,9H2,1-3H3,(H,16,18)/t11-/m0/s1. The summed E-state index contributed by atoms with van der Waals surface area (Å²) in [5.41, 5.74) is 0.544. The van der Waals surface area contributed by atoms with E-state index in [1.807, 2.05) is 13.0 Å². The number of carbonyl (C=O) groups is 1. The van der Waals surface area contributed by atoms with Crippen LogP contribution in [0.1, 0.15) is 41.9 Å². The topological polar surface area (TPSA) is 56.1 Å². The van der Waals surface area contributed by atoms with E-state index in [0.29, 0.717) is 10.4 Å². The van der Waals surface area contributed by atoms with Gasteiger partial charge in [0.15, 0.2) is 0 Å². The zero-order valence-electron chi connectivity index (χ0n) is 11.8. The number of hydrogen-bond donors (Lipinski definition) is 1. The lowest BCUT2D eigenvalue weighted by molar-refractivity contribution is 0.0936. The Kier molecular flexibility index (Phi) is 6.54. The monoisotopic (exact) mass is 279 g/mol. The van der Waals surface area contributed by atoms with E-state index < -0.39 is 0 Å². The van der Waals surface area contributed by atoms with E-state index in [2.05, 4.69) is 24.2 Å². The molecule has 1 N–H and O–H groups in total. The van der Waals surface area contributed by atoms with Gasteiger partial charge in [0.1, 0.15) is 6.07 Å². The number of thiophene rings is 1. The Labute approximate surface area is 119 Å². The molecular formula is C14H21N3OS. The van der Waals surface area contributed by atoms with Crippen LogP contribution in [0.2, 0.25) is 0 Å². The predicted octanol–water partition coefficient (Wildman–Crippen LogP) is 2.47. The average molecular weight is 279 g/mol. The van der Waals surface area contributed by atoms with Crippen molar-refractivity contribution in [2.45, 2.75) is 32.7 Å². The summed E-state index contributed by atoms with van der Waals surface area (Å²) in [5, 5.41) is 13.4. The molecule has 1 aromatic rings. The predicted molar refractivity (Wildman–Crippen MR) is 78.4 cm³/mol. The fraction of sp³-hybridized carbons (Fsp3) is 0.571. The van der Waals surface area contributed by atoms with Gasteiger partial charge in [-0.2, -0.15) is 5.26 Å². The number of likely N-dealkylation sites (N-methyl/N-ethyl adjacent to an activating group) is 1. The Morgan fingerprint density at radius 1 is 1.63 bits per heavy atom. The molecule has 0 aliphatic rings. The maximum atomic E-state index is 12.0. The molecule has 4 nitrogen and oxygen atoms in total. The largest absolute Gasteiger partial charge is 0.348 e. The summed E-state index contributed by atoms with van der Waals surface area (Å²) in [5.74, 6) is -0.0945. The molecule has 1 heterocycles. The number of rotatable bonds is 7. The van der Waals surface area contributed by atoms with Crippen LogP contribution in [0.15, 0.2) is 11.4 Å². The zero-order chi connectivity index (χ0) is 14.3. The number of nitrogens with zero attached hydrogens (tertiary/aromatic N) is 2. The summed E-state index contributed by atoms with van der Waals surface area (Å²) in [6.07, 6.45) is 2.35. The second kappa shape index (κ2) is 7.93. The van der Waals surface area contributed by atoms with Crippen molar-refractivity contribution >= 4 is 17.2 Å². The molecule has 19 heavy (non-hydrogen) atoms. The van der Waals surface area contributed by atoms with Crippen LogP contribution in [0, 0.1) is 11.3 Å². The molecule has 0 aliphatic carbocycles. The fourth-order valence-electron chi connectivity index (χ4n) is 1.84. The molecule has 0 unspecified atom stereocenters. The minimum Gasteiger partial charge on any atom is -0.348 e. The van der Waals surface area contributed by atoms with Gasteiger partial charge in [-0.15, -0.1) is 11.3 Å². The lowest BCUT2D eigenvalue weighted by atomic mass is 10.2. The van der Waals surface area contributed by atoms with Gasteiger partial charge in [-0.05, 0) is 33.0 Å². The SMILES string of the molecule is CCCCN(C)C[C@H](C)NC(=O)c1cc(C#N)cs1. The smallest absolute Gasteiger partial charge is 0.261 e. The van der Waals surface area contributed by atoms with E-state index in [4.69, 9.17) is 5.26 Å². The Morgan fingerprint density at radius 2 is 2.37 bits per heavy atom. The summed E-state index contributed by atoms with van der Waals surface area (Å²) in [6.45, 7) is 6.05. The third kappa shape index (κ3) is 5.41. The van der Waals surface area contributed by atoms with Gasteiger partial charge >= 0.3 is 0 Å². The first-order valence-electron chi connectivity index (χ1n) is 6.54. The highest BCUT2D eigenvalue weighted by Crippen LogP contribution is 2.13. The summed E-state index contributed by atoms with van der Waals surface area (Å²) in [7, 11) is 2.07. The van der Waals surface area contributed by atoms with E-state index in [1.54, 1.807) is 11.4 Å². The maximum Gasteiger partial charge on any atom is 0.261 e. The Bertz CT molecular complexity index is 450. The number of unbranched alkanes of at least 4 members (excludes halogenated alkanes) is 1. The van der Waals surface area contributed by atoms with Crippen molar-refractivity contribution < 1.29 is 4.79 Å². The Balaban J connectivity index is 2.41. The van der Waals surface area contributed by atoms with E-state index in [0.717, 1.165) is 13.1 Å². The first-order valence-corrected chi connectivity index (χ1v) is 7.42. The van der Waals surface area contributed by atoms with Crippen molar-refractivity contribution in [2.75, 3.05) is 20.1 Å². The van der Waals surface area contributed by atoms with Crippen LogP contribution in [-0.2, 0) is 0 Å². The molecule has 0 aromatic carbocycles. The third-order valence-electron chi connectivity index (χ3n) is 2.81. The van der Waals surface area contributed by atoms with E-state index in [9.17, 15) is 4.79 Å². The number of hydrogen-bond acceptors (Lipinski definition) is 4. The Morgan fingerprint density at radius 3 is 2.95 bits per heavy atom. The number of carbonyl (C=O) groups excluding carboxylic acids is 1. The van der Waals surface area contributed by atoms with Crippen LogP contribution in [0.3, 0.4) is 0 Å². The number of amides is 1. The van der Waals surface area contributed by atoms with Crippen molar-refractivity contribution in [2.24, 2.45) is 0 Å². The lowest BCUT2D eigenvalue weighted by Gasteiger charge is -2.21. The van der Waals surface area contributed by atoms with E-state index >= 15 is 0 Å². The van der Waals surface area contributed by atoms with E-state index in [-0.39, 0.29) is 11.9 Å². The first-order chi connectivity index (χ1) is 9.06. The summed E-state index contributed by atoms with van der Waals surface area (Å²) in [6, 6.07) is 3.76. The van der Waals surface area contributed by atoms with Gasteiger partial charge in [-0.3, -0.25) is 4.79 Å². The van der Waals surface area contributed by atoms with Gasteiger partial charge in [0, 0.05) is 18.0 Å². The second-order valence-electron chi connectivity index (χ2n) is 4.80. The molecule has 0 radical (unpaired) electrons. The number of nitriles is 1. The number of nitrogens with one attached hydrogen (secondary N) is 1. The van der Waals surface area contributed by atoms with Crippen LogP contribution in [0.4, 0.5) is 0 Å². The molecular weight excluding hydrogens is 258 g/mol. The minimum absolute atomic E-state index is 0.0945. The quantitative estimate of drug-likeness (QED) is 0.834. The molecule has 1 aromatic heterocycles. The molecule has 1 amide bonds. The van der Waals surface area contributed by atoms with E-state index in [1.165, 1.54) is 24.2 Å². The van der Waals surface area contributed by atoms with Gasteiger partial charge in [0.05, 0.1) is 10.4 Å². The summed E-state index contributed by atoms with van der Waals surface area (Å²) in [4.78, 5) is 14.8. The van der Waals surface area contributed by atoms with Gasteiger partial charge in [0.25, 0.3) is 5.91 Å². The second-order valence-corrected chi connectivity index (χ2v) is 5.71. The van der Waals surface area contributed by atoms with Crippen molar-refractivity contribution in [3.05, 3.63) is 21.9 Å². The molecule has 0 fully saturated rings. The van der Waals surface area contributed by atoms with Gasteiger partial charge in [0.2, 0.25) is 0 Å². The Hall–Kier alpha value is -1.38. The van der Waals surface area contributed by atoms with Gasteiger partial charge < -0.3 is 10.2 Å². The minimum atomic E-state index is -0.0945. The lowest BCUT2D eigenvalue weighted by Crippen LogP contribution is -2.40. The first kappa shape index (κ1) is 15.7. The third-order valence-corrected chi connectivity index (χ3v) is 3.74. The van der Waals surface area contributed by atoms with Crippen molar-refractivity contribution in [1.82, 2.24) is 10.2 Å². The van der Waals surface area contributed by atoms with Crippen LogP contribution in [-0.4, -0.2) is 37.0 Å². The maximum absolute atomic E-state index is 12.0. The fourth-order valence-corrected chi connectivity index (χ4v) is 2.58. The van der Waals surface area contributed by atoms with Crippen LogP contribution >= 0.6 is 11.3 Å². The average Bonchev–Trinajstić information content (AvgIpc) is 2.84. The van der Waals surface area contributed by atoms with Gasteiger partial charge in [-0.25, -0.2) is 0 Å². The van der Waals surface area contributed by atoms with Crippen LogP contribution < -0.4 is 5.32 Å². The molecule has 0 saturated carbocycles. The van der Waals surface area contributed by atoms with Crippen LogP contribution in [0.5, 0.6) is 0 Å². The molecule has 1 rings (SSSR count). The molecule has 0 saturated heterocycles. The summed E-state index contributed by atoms with van der Waals surface area (Å²) >= 11 is 1.31. The molecule has 0 aliphatic heterocycles. The molecule has 1 atom stereocenters. The normalized spacial score (nSPS) is 12.2. The highest BCUT2D eigenvalue weighted by atomic mass is 32.1. The summed E-state index contributed by atoms with van der Waals surface area (Å²) < 4.78 is 0. The molecule has 0 spiro atoms. The van der Waals surface area contributed by atoms with Crippen molar-refractivity contribution in [3.8, 4) is 6.07 Å². The molecule has 5 heteroatoms. The molecule has 104 valence electrons. The highest BCUT2D eigenvalue weighted by Gasteiger charge is 2.13. The van der Waals surface area contributed by atoms with Gasteiger partial charge in [-0.1, -0.05) is 13.3 Å². The van der Waals surface area contributed by atoms with Crippen LogP contribution in [0.25, 0.3) is 0 Å². The highest BCUT2D eigenvalue weighted by molar-refractivity contribution is 7.12. The zero-order valence-corrected chi connectivity index (χ0v) is 12.6. The molecule has 0 bridgehead atoms.